The number of alkyl halides is 3. The summed E-state index contributed by atoms with van der Waals surface area (Å²) in [5, 5.41) is 15.9. The second-order valence-electron chi connectivity index (χ2n) is 11.2. The third-order valence-electron chi connectivity index (χ3n) is 7.96. The minimum atomic E-state index is -4.38. The number of ether oxygens (including phenoxy) is 1. The van der Waals surface area contributed by atoms with Gasteiger partial charge in [-0.05, 0) is 80.2 Å². The fraction of sp³-hybridized carbons (Fsp3) is 0.452. The topological polar surface area (TPSA) is 106 Å². The first-order valence-electron chi connectivity index (χ1n) is 14.1. The van der Waals surface area contributed by atoms with Gasteiger partial charge in [-0.3, -0.25) is 14.8 Å². The lowest BCUT2D eigenvalue weighted by Gasteiger charge is -2.28. The summed E-state index contributed by atoms with van der Waals surface area (Å²) in [7, 11) is 0. The van der Waals surface area contributed by atoms with Crippen molar-refractivity contribution in [2.75, 3.05) is 18.5 Å². The second kappa shape index (κ2) is 12.5. The van der Waals surface area contributed by atoms with E-state index in [9.17, 15) is 18.0 Å². The average Bonchev–Trinajstić information content (AvgIpc) is 3.77. The van der Waals surface area contributed by atoms with Gasteiger partial charge in [0.1, 0.15) is 5.75 Å². The Morgan fingerprint density at radius 1 is 1.10 bits per heavy atom. The highest BCUT2D eigenvalue weighted by atomic mass is 19.4. The molecule has 2 heterocycles. The molecule has 41 heavy (non-hydrogen) atoms. The number of carboxylic acid groups (broad SMARTS) is 1. The molecule has 3 aromatic rings. The molecule has 2 unspecified atom stereocenters. The van der Waals surface area contributed by atoms with Crippen LogP contribution in [0, 0.1) is 12.8 Å². The minimum Gasteiger partial charge on any atom is -0.484 e. The van der Waals surface area contributed by atoms with Crippen molar-refractivity contribution in [2.45, 2.75) is 69.6 Å². The van der Waals surface area contributed by atoms with E-state index in [0.29, 0.717) is 12.0 Å². The molecule has 0 bridgehead atoms. The molecule has 0 radical (unpaired) electrons. The molecule has 1 saturated heterocycles. The van der Waals surface area contributed by atoms with Crippen LogP contribution >= 0.6 is 0 Å². The van der Waals surface area contributed by atoms with Crippen molar-refractivity contribution in [3.05, 3.63) is 71.7 Å². The summed E-state index contributed by atoms with van der Waals surface area (Å²) in [4.78, 5) is 20.4. The van der Waals surface area contributed by atoms with Crippen molar-refractivity contribution in [1.29, 1.82) is 0 Å². The highest BCUT2D eigenvalue weighted by Gasteiger charge is 2.29. The number of hydrogen-bond acceptors (Lipinski definition) is 6. The molecule has 2 fully saturated rings. The van der Waals surface area contributed by atoms with Crippen molar-refractivity contribution in [3.63, 3.8) is 0 Å². The molecule has 2 aliphatic rings. The Labute approximate surface area is 237 Å². The number of rotatable bonds is 11. The van der Waals surface area contributed by atoms with E-state index in [1.54, 1.807) is 24.5 Å². The molecular formula is C31H35F3N4O3. The zero-order valence-electron chi connectivity index (χ0n) is 23.0. The van der Waals surface area contributed by atoms with Gasteiger partial charge in [0.15, 0.2) is 6.61 Å². The molecule has 2 aromatic carbocycles. The van der Waals surface area contributed by atoms with E-state index in [-0.39, 0.29) is 24.1 Å². The van der Waals surface area contributed by atoms with E-state index in [0.717, 1.165) is 66.9 Å². The van der Waals surface area contributed by atoms with E-state index in [1.807, 2.05) is 6.92 Å². The van der Waals surface area contributed by atoms with Crippen molar-refractivity contribution >= 4 is 11.7 Å². The number of nitrogens with one attached hydrogen (secondary N) is 2. The van der Waals surface area contributed by atoms with Gasteiger partial charge < -0.3 is 20.5 Å². The van der Waals surface area contributed by atoms with Crippen LogP contribution in [0.1, 0.15) is 67.3 Å². The van der Waals surface area contributed by atoms with Crippen LogP contribution in [0.25, 0.3) is 11.3 Å². The van der Waals surface area contributed by atoms with Crippen LogP contribution < -0.4 is 15.4 Å². The number of anilines is 1. The number of aryl methyl sites for hydroxylation is 1. The number of carboxylic acids is 1. The largest absolute Gasteiger partial charge is 0.484 e. The third-order valence-corrected chi connectivity index (χ3v) is 7.96. The normalized spacial score (nSPS) is 21.2. The maximum absolute atomic E-state index is 12.5. The van der Waals surface area contributed by atoms with Crippen LogP contribution in [-0.2, 0) is 4.79 Å². The van der Waals surface area contributed by atoms with Gasteiger partial charge in [-0.1, -0.05) is 24.3 Å². The van der Waals surface area contributed by atoms with Crippen molar-refractivity contribution in [3.8, 4) is 17.0 Å². The van der Waals surface area contributed by atoms with Crippen LogP contribution in [0.15, 0.2) is 54.9 Å². The van der Waals surface area contributed by atoms with Gasteiger partial charge in [-0.2, -0.15) is 13.2 Å². The van der Waals surface area contributed by atoms with Crippen LogP contribution in [0.4, 0.5) is 18.9 Å². The third kappa shape index (κ3) is 8.19. The molecule has 2 atom stereocenters. The van der Waals surface area contributed by atoms with E-state index in [2.05, 4.69) is 34.9 Å². The summed E-state index contributed by atoms with van der Waals surface area (Å²) in [5.74, 6) is 0.204. The molecule has 10 heteroatoms. The fourth-order valence-electron chi connectivity index (χ4n) is 5.57. The number of benzene rings is 2. The van der Waals surface area contributed by atoms with Crippen LogP contribution in [-0.4, -0.2) is 46.4 Å². The summed E-state index contributed by atoms with van der Waals surface area (Å²) in [6.07, 6.45) is 4.16. The number of aromatic nitrogens is 2. The van der Waals surface area contributed by atoms with Crippen LogP contribution in [0.5, 0.6) is 5.75 Å². The number of nitrogens with zero attached hydrogens (tertiary/aromatic N) is 2. The molecule has 7 nitrogen and oxygen atoms in total. The molecule has 1 aliphatic heterocycles. The van der Waals surface area contributed by atoms with Gasteiger partial charge >= 0.3 is 12.1 Å². The van der Waals surface area contributed by atoms with Crippen molar-refractivity contribution < 1.29 is 27.8 Å². The molecule has 1 saturated carbocycles. The van der Waals surface area contributed by atoms with Gasteiger partial charge in [0.2, 0.25) is 0 Å². The molecule has 0 amide bonds. The lowest BCUT2D eigenvalue weighted by molar-refractivity contribution is -0.153. The lowest BCUT2D eigenvalue weighted by Crippen LogP contribution is -2.19. The molecule has 0 spiro atoms. The lowest BCUT2D eigenvalue weighted by atomic mass is 9.77. The Kier molecular flexibility index (Phi) is 8.77. The Morgan fingerprint density at radius 2 is 1.83 bits per heavy atom. The summed E-state index contributed by atoms with van der Waals surface area (Å²) >= 11 is 0. The quantitative estimate of drug-likeness (QED) is 0.222. The first-order chi connectivity index (χ1) is 19.6. The molecular weight excluding hydrogens is 533 g/mol. The van der Waals surface area contributed by atoms with E-state index in [4.69, 9.17) is 19.8 Å². The highest BCUT2D eigenvalue weighted by Crippen LogP contribution is 2.37. The smallest absolute Gasteiger partial charge is 0.422 e. The van der Waals surface area contributed by atoms with Crippen molar-refractivity contribution in [2.24, 2.45) is 5.92 Å². The predicted molar refractivity (Wildman–Crippen MR) is 150 cm³/mol. The second-order valence-corrected chi connectivity index (χ2v) is 11.2. The van der Waals surface area contributed by atoms with Gasteiger partial charge in [0.05, 0.1) is 29.8 Å². The van der Waals surface area contributed by atoms with Crippen molar-refractivity contribution in [1.82, 2.24) is 15.3 Å². The number of carbonyl (C=O) groups is 1. The molecule has 218 valence electrons. The Bertz CT molecular complexity index is 1320. The van der Waals surface area contributed by atoms with E-state index >= 15 is 0 Å². The molecule has 3 N–H and O–H groups in total. The first kappa shape index (κ1) is 28.9. The number of halogens is 3. The maximum atomic E-state index is 12.5. The average molecular weight is 569 g/mol. The number of aliphatic carboxylic acids is 1. The molecule has 1 aliphatic carbocycles. The Morgan fingerprint density at radius 3 is 2.41 bits per heavy atom. The Hall–Kier alpha value is -3.66. The summed E-state index contributed by atoms with van der Waals surface area (Å²) in [6.45, 7) is 1.44. The molecule has 5 rings (SSSR count). The summed E-state index contributed by atoms with van der Waals surface area (Å²) in [6, 6.07) is 13.5. The van der Waals surface area contributed by atoms with Crippen LogP contribution in [0.3, 0.4) is 0 Å². The standard InChI is InChI=1S/C31H35F3N4O3/c1-19-12-25(41-18-31(32,33)34)10-11-26(19)38-27(14-24-15-35-24)29-17-36-28(16-37-29)23-8-6-22(7-9-23)21-4-2-20(3-5-21)13-30(39)40/h6-12,16-17,20-21,24,27,35,38H,2-5,13-15,18H2,1H3,(H,39,40). The van der Waals surface area contributed by atoms with Gasteiger partial charge in [-0.15, -0.1) is 0 Å². The summed E-state index contributed by atoms with van der Waals surface area (Å²) < 4.78 is 42.4. The minimum absolute atomic E-state index is 0.129. The molecule has 1 aromatic heterocycles. The fourth-order valence-corrected chi connectivity index (χ4v) is 5.57. The van der Waals surface area contributed by atoms with Crippen LogP contribution in [0.2, 0.25) is 0 Å². The maximum Gasteiger partial charge on any atom is 0.422 e. The van der Waals surface area contributed by atoms with E-state index in [1.165, 1.54) is 11.6 Å². The van der Waals surface area contributed by atoms with E-state index < -0.39 is 18.8 Å². The van der Waals surface area contributed by atoms with Gasteiger partial charge in [-0.25, -0.2) is 0 Å². The Balaban J connectivity index is 1.23. The van der Waals surface area contributed by atoms with Gasteiger partial charge in [0, 0.05) is 30.3 Å². The summed E-state index contributed by atoms with van der Waals surface area (Å²) in [5.41, 5.74) is 5.39. The van der Waals surface area contributed by atoms with Gasteiger partial charge in [0.25, 0.3) is 0 Å². The first-order valence-corrected chi connectivity index (χ1v) is 14.1. The highest BCUT2D eigenvalue weighted by molar-refractivity contribution is 5.67. The predicted octanol–water partition coefficient (Wildman–Crippen LogP) is 6.66. The monoisotopic (exact) mass is 568 g/mol. The SMILES string of the molecule is Cc1cc(OCC(F)(F)F)ccc1NC(CC1CN1)c1cnc(-c2ccc(C3CCC(CC(=O)O)CC3)cc2)cn1. The zero-order valence-corrected chi connectivity index (χ0v) is 23.0. The zero-order chi connectivity index (χ0) is 29.0. The number of hydrogen-bond donors (Lipinski definition) is 3.